The summed E-state index contributed by atoms with van der Waals surface area (Å²) in [5, 5.41) is 9.83. The van der Waals surface area contributed by atoms with E-state index in [1.54, 1.807) is 6.92 Å². The van der Waals surface area contributed by atoms with Crippen LogP contribution in [0.15, 0.2) is 36.4 Å². The average molecular weight is 277 g/mol. The van der Waals surface area contributed by atoms with Crippen LogP contribution in [0.2, 0.25) is 0 Å². The van der Waals surface area contributed by atoms with Gasteiger partial charge in [-0.1, -0.05) is 31.2 Å². The Morgan fingerprint density at radius 1 is 1.32 bits per heavy atom. The highest BCUT2D eigenvalue weighted by Gasteiger charge is 2.15. The quantitative estimate of drug-likeness (QED) is 0.909. The Bertz CT molecular complexity index is 627. The van der Waals surface area contributed by atoms with Gasteiger partial charge in [0.15, 0.2) is 0 Å². The van der Waals surface area contributed by atoms with Crippen molar-refractivity contribution in [1.29, 1.82) is 0 Å². The number of hydrogen-bond acceptors (Lipinski definition) is 3. The third-order valence-electron chi connectivity index (χ3n) is 2.82. The highest BCUT2D eigenvalue weighted by Crippen LogP contribution is 2.13. The Balaban J connectivity index is 2.09. The third kappa shape index (κ3) is 3.61. The maximum Gasteiger partial charge on any atom is 0.307 e. The van der Waals surface area contributed by atoms with Crippen LogP contribution in [-0.4, -0.2) is 26.0 Å². The number of carboxylic acids is 1. The van der Waals surface area contributed by atoms with Crippen LogP contribution in [0.5, 0.6) is 0 Å². The SMILES string of the molecule is CC(CS(=O)Cc1ccc2ccccc2n1)C(=O)O. The number of hydrogen-bond donors (Lipinski definition) is 1. The second-order valence-electron chi connectivity index (χ2n) is 4.49. The van der Waals surface area contributed by atoms with Crippen LogP contribution < -0.4 is 0 Å². The molecule has 1 aromatic carbocycles. The lowest BCUT2D eigenvalue weighted by molar-refractivity contribution is -0.140. The van der Waals surface area contributed by atoms with Gasteiger partial charge < -0.3 is 5.11 Å². The minimum atomic E-state index is -1.21. The normalized spacial score (nSPS) is 14.2. The van der Waals surface area contributed by atoms with E-state index in [1.807, 2.05) is 36.4 Å². The molecule has 0 spiro atoms. The Kier molecular flexibility index (Phi) is 4.27. The molecule has 1 aromatic heterocycles. The zero-order valence-electron chi connectivity index (χ0n) is 10.6. The van der Waals surface area contributed by atoms with Gasteiger partial charge in [0.1, 0.15) is 0 Å². The molecule has 2 aromatic rings. The first-order valence-corrected chi connectivity index (χ1v) is 7.47. The topological polar surface area (TPSA) is 67.3 Å². The second-order valence-corrected chi connectivity index (χ2v) is 5.99. The smallest absolute Gasteiger partial charge is 0.307 e. The molecule has 2 rings (SSSR count). The van der Waals surface area contributed by atoms with E-state index < -0.39 is 22.7 Å². The van der Waals surface area contributed by atoms with E-state index in [4.69, 9.17) is 5.11 Å². The van der Waals surface area contributed by atoms with Crippen molar-refractivity contribution in [2.24, 2.45) is 5.92 Å². The fourth-order valence-corrected chi connectivity index (χ4v) is 3.07. The lowest BCUT2D eigenvalue weighted by atomic mass is 10.2. The van der Waals surface area contributed by atoms with Crippen molar-refractivity contribution >= 4 is 27.7 Å². The lowest BCUT2D eigenvalue weighted by Crippen LogP contribution is -2.18. The van der Waals surface area contributed by atoms with Gasteiger partial charge in [-0.2, -0.15) is 0 Å². The molecule has 0 aliphatic heterocycles. The van der Waals surface area contributed by atoms with Crippen LogP contribution in [0.1, 0.15) is 12.6 Å². The van der Waals surface area contributed by atoms with Crippen molar-refractivity contribution in [3.8, 4) is 0 Å². The first kappa shape index (κ1) is 13.7. The van der Waals surface area contributed by atoms with E-state index in [-0.39, 0.29) is 5.75 Å². The highest BCUT2D eigenvalue weighted by molar-refractivity contribution is 7.84. The molecule has 0 bridgehead atoms. The summed E-state index contributed by atoms with van der Waals surface area (Å²) in [6.07, 6.45) is 0. The number of para-hydroxylation sites is 1. The predicted octanol–water partition coefficient (Wildman–Crippen LogP) is 2.20. The molecule has 0 aliphatic carbocycles. The number of benzene rings is 1. The molecule has 19 heavy (non-hydrogen) atoms. The molecule has 2 atom stereocenters. The van der Waals surface area contributed by atoms with Crippen molar-refractivity contribution in [3.05, 3.63) is 42.1 Å². The molecule has 1 N–H and O–H groups in total. The van der Waals surface area contributed by atoms with Gasteiger partial charge in [0.05, 0.1) is 22.9 Å². The maximum absolute atomic E-state index is 11.9. The first-order valence-electron chi connectivity index (χ1n) is 5.98. The van der Waals surface area contributed by atoms with Gasteiger partial charge in [0.2, 0.25) is 0 Å². The molecule has 100 valence electrons. The summed E-state index contributed by atoms with van der Waals surface area (Å²) < 4.78 is 11.9. The minimum Gasteiger partial charge on any atom is -0.481 e. The van der Waals surface area contributed by atoms with Crippen molar-refractivity contribution in [3.63, 3.8) is 0 Å². The van der Waals surface area contributed by atoms with Gasteiger partial charge in [-0.25, -0.2) is 0 Å². The molecular formula is C14H15NO3S. The fourth-order valence-electron chi connectivity index (χ4n) is 1.76. The molecule has 0 amide bonds. The van der Waals surface area contributed by atoms with Crippen LogP contribution in [-0.2, 0) is 21.3 Å². The van der Waals surface area contributed by atoms with Gasteiger partial charge in [-0.05, 0) is 12.1 Å². The van der Waals surface area contributed by atoms with Crippen LogP contribution in [0.25, 0.3) is 10.9 Å². The molecule has 2 unspecified atom stereocenters. The van der Waals surface area contributed by atoms with E-state index >= 15 is 0 Å². The standard InChI is InChI=1S/C14H15NO3S/c1-10(14(16)17)8-19(18)9-12-7-6-11-4-2-3-5-13(11)15-12/h2-7,10H,8-9H2,1H3,(H,16,17). The van der Waals surface area contributed by atoms with Gasteiger partial charge in [-0.15, -0.1) is 0 Å². The van der Waals surface area contributed by atoms with E-state index in [2.05, 4.69) is 4.98 Å². The third-order valence-corrected chi connectivity index (χ3v) is 4.31. The van der Waals surface area contributed by atoms with Crippen LogP contribution >= 0.6 is 0 Å². The summed E-state index contributed by atoms with van der Waals surface area (Å²) in [5.41, 5.74) is 1.60. The summed E-state index contributed by atoms with van der Waals surface area (Å²) in [5.74, 6) is -1.06. The van der Waals surface area contributed by atoms with Crippen LogP contribution in [0, 0.1) is 5.92 Å². The number of nitrogens with zero attached hydrogens (tertiary/aromatic N) is 1. The number of carbonyl (C=O) groups is 1. The Labute approximate surface area is 113 Å². The molecule has 0 saturated carbocycles. The molecule has 0 radical (unpaired) electrons. The van der Waals surface area contributed by atoms with Gasteiger partial charge >= 0.3 is 5.97 Å². The van der Waals surface area contributed by atoms with Crippen LogP contribution in [0.4, 0.5) is 0 Å². The van der Waals surface area contributed by atoms with E-state index in [9.17, 15) is 9.00 Å². The number of rotatable bonds is 5. The van der Waals surface area contributed by atoms with Crippen molar-refractivity contribution in [1.82, 2.24) is 4.98 Å². The number of carboxylic acid groups (broad SMARTS) is 1. The first-order chi connectivity index (χ1) is 9.06. The summed E-state index contributed by atoms with van der Waals surface area (Å²) in [7, 11) is -1.21. The molecule has 0 fully saturated rings. The van der Waals surface area contributed by atoms with Crippen molar-refractivity contribution in [2.45, 2.75) is 12.7 Å². The van der Waals surface area contributed by atoms with E-state index in [0.29, 0.717) is 5.75 Å². The second kappa shape index (κ2) is 5.93. The van der Waals surface area contributed by atoms with E-state index in [1.165, 1.54) is 0 Å². The summed E-state index contributed by atoms with van der Waals surface area (Å²) in [4.78, 5) is 15.1. The molecule has 1 heterocycles. The number of fused-ring (bicyclic) bond motifs is 1. The molecule has 5 heteroatoms. The maximum atomic E-state index is 11.9. The fraction of sp³-hybridized carbons (Fsp3) is 0.286. The summed E-state index contributed by atoms with van der Waals surface area (Å²) in [6.45, 7) is 1.56. The predicted molar refractivity (Wildman–Crippen MR) is 75.3 cm³/mol. The zero-order chi connectivity index (χ0) is 13.8. The van der Waals surface area contributed by atoms with Crippen molar-refractivity contribution < 1.29 is 14.1 Å². The molecular weight excluding hydrogens is 262 g/mol. The lowest BCUT2D eigenvalue weighted by Gasteiger charge is -2.06. The number of aromatic nitrogens is 1. The monoisotopic (exact) mass is 277 g/mol. The van der Waals surface area contributed by atoms with Crippen molar-refractivity contribution in [2.75, 3.05) is 5.75 Å². The van der Waals surface area contributed by atoms with Gasteiger partial charge in [0, 0.05) is 21.9 Å². The van der Waals surface area contributed by atoms with E-state index in [0.717, 1.165) is 16.6 Å². The summed E-state index contributed by atoms with van der Waals surface area (Å²) >= 11 is 0. The zero-order valence-corrected chi connectivity index (χ0v) is 11.4. The average Bonchev–Trinajstić information content (AvgIpc) is 2.38. The largest absolute Gasteiger partial charge is 0.481 e. The van der Waals surface area contributed by atoms with Gasteiger partial charge in [-0.3, -0.25) is 14.0 Å². The number of pyridine rings is 1. The minimum absolute atomic E-state index is 0.157. The highest BCUT2D eigenvalue weighted by atomic mass is 32.2. The Hall–Kier alpha value is -1.75. The Morgan fingerprint density at radius 3 is 2.79 bits per heavy atom. The van der Waals surface area contributed by atoms with Gasteiger partial charge in [0.25, 0.3) is 0 Å². The number of aliphatic carboxylic acids is 1. The molecule has 0 saturated heterocycles. The molecule has 0 aliphatic rings. The molecule has 4 nitrogen and oxygen atoms in total. The van der Waals surface area contributed by atoms with Crippen LogP contribution in [0.3, 0.4) is 0 Å². The Morgan fingerprint density at radius 2 is 2.05 bits per heavy atom. The summed E-state index contributed by atoms with van der Waals surface area (Å²) in [6, 6.07) is 11.5.